The molecule has 134 valence electrons. The van der Waals surface area contributed by atoms with E-state index in [1.54, 1.807) is 26.8 Å². The van der Waals surface area contributed by atoms with Crippen LogP contribution in [0.3, 0.4) is 0 Å². The highest BCUT2D eigenvalue weighted by molar-refractivity contribution is 5.75. The quantitative estimate of drug-likeness (QED) is 0.746. The van der Waals surface area contributed by atoms with Crippen molar-refractivity contribution in [1.82, 2.24) is 25.0 Å². The van der Waals surface area contributed by atoms with Gasteiger partial charge in [0.25, 0.3) is 0 Å². The van der Waals surface area contributed by atoms with Crippen molar-refractivity contribution in [2.24, 2.45) is 0 Å². The Morgan fingerprint density at radius 2 is 1.88 bits per heavy atom. The van der Waals surface area contributed by atoms with Crippen molar-refractivity contribution in [2.75, 3.05) is 0 Å². The van der Waals surface area contributed by atoms with Crippen molar-refractivity contribution in [3.8, 4) is 11.4 Å². The van der Waals surface area contributed by atoms with Crippen LogP contribution in [0.25, 0.3) is 11.4 Å². The standard InChI is InChI=1S/C18H19N5O3/c1-11-8-12(2)23(18(25)20-11)10-16(24)19-9-14-4-6-15(7-5-14)17-21-13(3)26-22-17/h4-8H,9-10H2,1-3H3,(H,19,24). The van der Waals surface area contributed by atoms with Gasteiger partial charge in [0.15, 0.2) is 0 Å². The van der Waals surface area contributed by atoms with Gasteiger partial charge in [-0.15, -0.1) is 0 Å². The number of carbonyl (C=O) groups is 1. The lowest BCUT2D eigenvalue weighted by atomic mass is 10.1. The average molecular weight is 353 g/mol. The molecule has 2 aromatic heterocycles. The molecule has 3 aromatic rings. The molecular formula is C18H19N5O3. The summed E-state index contributed by atoms with van der Waals surface area (Å²) in [5, 5.41) is 6.67. The molecule has 0 aliphatic carbocycles. The summed E-state index contributed by atoms with van der Waals surface area (Å²) in [5.41, 5.74) is 2.69. The predicted molar refractivity (Wildman–Crippen MR) is 94.3 cm³/mol. The van der Waals surface area contributed by atoms with Gasteiger partial charge in [-0.05, 0) is 25.5 Å². The molecule has 0 bridgehead atoms. The Balaban J connectivity index is 1.60. The number of nitrogens with one attached hydrogen (secondary N) is 1. The maximum atomic E-state index is 12.1. The Labute approximate surface area is 149 Å². The van der Waals surface area contributed by atoms with E-state index in [-0.39, 0.29) is 12.5 Å². The summed E-state index contributed by atoms with van der Waals surface area (Å²) < 4.78 is 6.31. The lowest BCUT2D eigenvalue weighted by molar-refractivity contribution is -0.121. The molecule has 0 saturated carbocycles. The highest BCUT2D eigenvalue weighted by Gasteiger charge is 2.09. The van der Waals surface area contributed by atoms with Crippen LogP contribution in [0.5, 0.6) is 0 Å². The van der Waals surface area contributed by atoms with E-state index in [1.807, 2.05) is 24.3 Å². The van der Waals surface area contributed by atoms with Crippen LogP contribution < -0.4 is 11.0 Å². The van der Waals surface area contributed by atoms with Gasteiger partial charge in [-0.25, -0.2) is 4.79 Å². The second-order valence-corrected chi connectivity index (χ2v) is 6.02. The van der Waals surface area contributed by atoms with Crippen LogP contribution in [0.1, 0.15) is 22.8 Å². The van der Waals surface area contributed by atoms with Gasteiger partial charge in [-0.3, -0.25) is 9.36 Å². The van der Waals surface area contributed by atoms with E-state index >= 15 is 0 Å². The van der Waals surface area contributed by atoms with Crippen LogP contribution in [-0.4, -0.2) is 25.6 Å². The number of aromatic nitrogens is 4. The van der Waals surface area contributed by atoms with E-state index in [4.69, 9.17) is 4.52 Å². The smallest absolute Gasteiger partial charge is 0.348 e. The van der Waals surface area contributed by atoms with Gasteiger partial charge >= 0.3 is 5.69 Å². The van der Waals surface area contributed by atoms with Crippen LogP contribution in [-0.2, 0) is 17.9 Å². The molecule has 8 nitrogen and oxygen atoms in total. The van der Waals surface area contributed by atoms with Crippen molar-refractivity contribution >= 4 is 5.91 Å². The van der Waals surface area contributed by atoms with Crippen LogP contribution in [0.4, 0.5) is 0 Å². The first-order valence-corrected chi connectivity index (χ1v) is 8.14. The summed E-state index contributed by atoms with van der Waals surface area (Å²) >= 11 is 0. The summed E-state index contributed by atoms with van der Waals surface area (Å²) in [6.07, 6.45) is 0. The number of benzene rings is 1. The molecule has 0 unspecified atom stereocenters. The number of amides is 1. The van der Waals surface area contributed by atoms with Gasteiger partial charge in [0.05, 0.1) is 0 Å². The fraction of sp³-hybridized carbons (Fsp3) is 0.278. The number of hydrogen-bond donors (Lipinski definition) is 1. The minimum absolute atomic E-state index is 0.0574. The maximum absolute atomic E-state index is 12.1. The summed E-state index contributed by atoms with van der Waals surface area (Å²) in [6, 6.07) is 9.26. The van der Waals surface area contributed by atoms with Crippen molar-refractivity contribution in [3.05, 3.63) is 63.7 Å². The lowest BCUT2D eigenvalue weighted by Crippen LogP contribution is -2.34. The largest absolute Gasteiger partial charge is 0.350 e. The van der Waals surface area contributed by atoms with Gasteiger partial charge in [0, 0.05) is 30.4 Å². The van der Waals surface area contributed by atoms with E-state index in [2.05, 4.69) is 20.4 Å². The molecular weight excluding hydrogens is 334 g/mol. The topological polar surface area (TPSA) is 103 Å². The van der Waals surface area contributed by atoms with E-state index < -0.39 is 5.69 Å². The lowest BCUT2D eigenvalue weighted by Gasteiger charge is -2.10. The molecule has 0 radical (unpaired) electrons. The molecule has 0 aliphatic heterocycles. The summed E-state index contributed by atoms with van der Waals surface area (Å²) in [7, 11) is 0. The third-order valence-corrected chi connectivity index (χ3v) is 3.88. The monoisotopic (exact) mass is 353 g/mol. The predicted octanol–water partition coefficient (Wildman–Crippen LogP) is 1.53. The normalized spacial score (nSPS) is 10.7. The van der Waals surface area contributed by atoms with Crippen LogP contribution in [0, 0.1) is 20.8 Å². The molecule has 0 saturated heterocycles. The number of aryl methyl sites for hydroxylation is 3. The fourth-order valence-electron chi connectivity index (χ4n) is 2.56. The minimum atomic E-state index is -0.419. The Kier molecular flexibility index (Phi) is 4.92. The zero-order chi connectivity index (χ0) is 18.7. The summed E-state index contributed by atoms with van der Waals surface area (Å²) in [5.74, 6) is 0.783. The van der Waals surface area contributed by atoms with Crippen molar-refractivity contribution in [2.45, 2.75) is 33.9 Å². The van der Waals surface area contributed by atoms with Crippen LogP contribution in [0.2, 0.25) is 0 Å². The molecule has 0 spiro atoms. The van der Waals surface area contributed by atoms with Gasteiger partial charge in [-0.1, -0.05) is 29.4 Å². The van der Waals surface area contributed by atoms with Gasteiger partial charge in [-0.2, -0.15) is 9.97 Å². The Bertz CT molecular complexity index is 989. The molecule has 2 heterocycles. The fourth-order valence-corrected chi connectivity index (χ4v) is 2.56. The zero-order valence-corrected chi connectivity index (χ0v) is 14.8. The third-order valence-electron chi connectivity index (χ3n) is 3.88. The Morgan fingerprint density at radius 1 is 1.15 bits per heavy atom. The van der Waals surface area contributed by atoms with Crippen molar-refractivity contribution in [1.29, 1.82) is 0 Å². The van der Waals surface area contributed by atoms with Crippen LogP contribution in [0.15, 0.2) is 39.6 Å². The second-order valence-electron chi connectivity index (χ2n) is 6.02. The molecule has 0 fully saturated rings. The highest BCUT2D eigenvalue weighted by atomic mass is 16.5. The van der Waals surface area contributed by atoms with Crippen LogP contribution >= 0.6 is 0 Å². The van der Waals surface area contributed by atoms with Gasteiger partial charge in [0.2, 0.25) is 17.6 Å². The van der Waals surface area contributed by atoms with E-state index in [9.17, 15) is 9.59 Å². The first kappa shape index (κ1) is 17.5. The summed E-state index contributed by atoms with van der Waals surface area (Å²) in [4.78, 5) is 32.1. The molecule has 8 heteroatoms. The number of nitrogens with zero attached hydrogens (tertiary/aromatic N) is 4. The van der Waals surface area contributed by atoms with E-state index in [0.29, 0.717) is 29.6 Å². The minimum Gasteiger partial charge on any atom is -0.350 e. The number of hydrogen-bond acceptors (Lipinski definition) is 6. The molecule has 3 rings (SSSR count). The Morgan fingerprint density at radius 3 is 2.50 bits per heavy atom. The maximum Gasteiger partial charge on any atom is 0.348 e. The molecule has 26 heavy (non-hydrogen) atoms. The number of carbonyl (C=O) groups excluding carboxylic acids is 1. The third kappa shape index (κ3) is 4.02. The molecule has 0 atom stereocenters. The van der Waals surface area contributed by atoms with E-state index in [0.717, 1.165) is 11.1 Å². The zero-order valence-electron chi connectivity index (χ0n) is 14.8. The molecule has 1 amide bonds. The van der Waals surface area contributed by atoms with Crippen molar-refractivity contribution in [3.63, 3.8) is 0 Å². The van der Waals surface area contributed by atoms with E-state index in [1.165, 1.54) is 4.57 Å². The first-order valence-electron chi connectivity index (χ1n) is 8.14. The van der Waals surface area contributed by atoms with Crippen molar-refractivity contribution < 1.29 is 9.32 Å². The highest BCUT2D eigenvalue weighted by Crippen LogP contribution is 2.16. The summed E-state index contributed by atoms with van der Waals surface area (Å²) in [6.45, 7) is 5.56. The van der Waals surface area contributed by atoms with Gasteiger partial charge < -0.3 is 9.84 Å². The molecule has 1 aromatic carbocycles. The van der Waals surface area contributed by atoms with Gasteiger partial charge in [0.1, 0.15) is 6.54 Å². The average Bonchev–Trinajstić information content (AvgIpc) is 3.03. The Hall–Kier alpha value is -3.29. The number of rotatable bonds is 5. The molecule has 1 N–H and O–H groups in total. The second kappa shape index (κ2) is 7.30. The first-order chi connectivity index (χ1) is 12.4. The molecule has 0 aliphatic rings. The SMILES string of the molecule is Cc1cc(C)n(CC(=O)NCc2ccc(-c3noc(C)n3)cc2)c(=O)n1.